The molecule has 0 aliphatic carbocycles. The number of aliphatic carboxylic acids is 1. The first-order valence-electron chi connectivity index (χ1n) is 3.70. The van der Waals surface area contributed by atoms with Gasteiger partial charge in [-0.05, 0) is 6.08 Å². The van der Waals surface area contributed by atoms with E-state index in [1.807, 2.05) is 4.58 Å². The van der Waals surface area contributed by atoms with Gasteiger partial charge in [0.05, 0.1) is 0 Å². The average molecular weight is 154 g/mol. The van der Waals surface area contributed by atoms with E-state index >= 15 is 0 Å². The van der Waals surface area contributed by atoms with Gasteiger partial charge in [0.2, 0.25) is 6.04 Å². The molecule has 0 unspecified atom stereocenters. The van der Waals surface area contributed by atoms with Crippen LogP contribution in [-0.4, -0.2) is 34.5 Å². The standard InChI is InChI=1S/C8H11NO2/c1-2-5-9-6-3-4-7(9)8(10)11/h2,5,7H,1,3-4,6H2/p+1/t7-/m0/s1. The molecule has 1 N–H and O–H groups in total. The van der Waals surface area contributed by atoms with Crippen LogP contribution in [0.1, 0.15) is 12.8 Å². The molecule has 1 heterocycles. The summed E-state index contributed by atoms with van der Waals surface area (Å²) < 4.78 is 1.81. The van der Waals surface area contributed by atoms with Gasteiger partial charge in [-0.2, -0.15) is 0 Å². The predicted molar refractivity (Wildman–Crippen MR) is 42.0 cm³/mol. The van der Waals surface area contributed by atoms with Crippen molar-refractivity contribution < 1.29 is 14.5 Å². The molecular formula is C8H12NO2+. The minimum absolute atomic E-state index is 0.326. The van der Waals surface area contributed by atoms with Crippen molar-refractivity contribution in [3.63, 3.8) is 0 Å². The largest absolute Gasteiger partial charge is 0.476 e. The van der Waals surface area contributed by atoms with Crippen LogP contribution in [0.15, 0.2) is 12.7 Å². The van der Waals surface area contributed by atoms with E-state index < -0.39 is 5.97 Å². The molecule has 1 fully saturated rings. The van der Waals surface area contributed by atoms with Gasteiger partial charge in [0.25, 0.3) is 0 Å². The van der Waals surface area contributed by atoms with E-state index in [9.17, 15) is 4.79 Å². The normalized spacial score (nSPS) is 27.3. The Hall–Kier alpha value is -1.12. The molecule has 0 aromatic heterocycles. The molecule has 0 spiro atoms. The second-order valence-electron chi connectivity index (χ2n) is 2.62. The third-order valence-electron chi connectivity index (χ3n) is 1.88. The summed E-state index contributed by atoms with van der Waals surface area (Å²) in [7, 11) is 0. The number of hydrogen-bond acceptors (Lipinski definition) is 1. The average Bonchev–Trinajstić information content (AvgIpc) is 2.36. The van der Waals surface area contributed by atoms with E-state index in [4.69, 9.17) is 5.11 Å². The summed E-state index contributed by atoms with van der Waals surface area (Å²) in [4.78, 5) is 10.6. The van der Waals surface area contributed by atoms with Gasteiger partial charge in [0.1, 0.15) is 6.54 Å². The number of carboxylic acid groups (broad SMARTS) is 1. The molecule has 0 bridgehead atoms. The summed E-state index contributed by atoms with van der Waals surface area (Å²) >= 11 is 0. The molecule has 1 aliphatic heterocycles. The maximum absolute atomic E-state index is 10.6. The van der Waals surface area contributed by atoms with Crippen molar-refractivity contribution in [2.75, 3.05) is 6.54 Å². The molecule has 0 amide bonds. The predicted octanol–water partition coefficient (Wildman–Crippen LogP) is 0.503. The Morgan fingerprint density at radius 3 is 3.00 bits per heavy atom. The Bertz CT molecular complexity index is 208. The van der Waals surface area contributed by atoms with Gasteiger partial charge in [-0.1, -0.05) is 6.58 Å². The molecule has 1 aliphatic rings. The molecule has 1 saturated heterocycles. The Morgan fingerprint density at radius 1 is 1.73 bits per heavy atom. The molecule has 1 rings (SSSR count). The van der Waals surface area contributed by atoms with Crippen molar-refractivity contribution >= 4 is 12.2 Å². The van der Waals surface area contributed by atoms with Gasteiger partial charge in [-0.15, -0.1) is 0 Å². The van der Waals surface area contributed by atoms with E-state index in [0.717, 1.165) is 19.4 Å². The SMILES string of the molecule is C=CC=[N+]1CCC[C@H]1C(=O)O. The first-order valence-corrected chi connectivity index (χ1v) is 3.70. The lowest BCUT2D eigenvalue weighted by molar-refractivity contribution is -0.527. The highest BCUT2D eigenvalue weighted by Crippen LogP contribution is 2.11. The Labute approximate surface area is 65.7 Å². The van der Waals surface area contributed by atoms with Crippen LogP contribution >= 0.6 is 0 Å². The fourth-order valence-electron chi connectivity index (χ4n) is 1.37. The number of carboxylic acids is 1. The maximum Gasteiger partial charge on any atom is 0.372 e. The van der Waals surface area contributed by atoms with Crippen LogP contribution < -0.4 is 0 Å². The third kappa shape index (κ3) is 1.67. The monoisotopic (exact) mass is 154 g/mol. The van der Waals surface area contributed by atoms with Crippen LogP contribution in [0.5, 0.6) is 0 Å². The quantitative estimate of drug-likeness (QED) is 0.588. The number of nitrogens with zero attached hydrogens (tertiary/aromatic N) is 1. The van der Waals surface area contributed by atoms with Gasteiger partial charge in [0.15, 0.2) is 6.21 Å². The van der Waals surface area contributed by atoms with Crippen LogP contribution in [-0.2, 0) is 4.79 Å². The number of hydrogen-bond donors (Lipinski definition) is 1. The Kier molecular flexibility index (Phi) is 2.41. The highest BCUT2D eigenvalue weighted by molar-refractivity contribution is 5.74. The van der Waals surface area contributed by atoms with Crippen molar-refractivity contribution in [2.24, 2.45) is 0 Å². The number of rotatable bonds is 2. The van der Waals surface area contributed by atoms with E-state index in [2.05, 4.69) is 6.58 Å². The van der Waals surface area contributed by atoms with Gasteiger partial charge >= 0.3 is 5.97 Å². The van der Waals surface area contributed by atoms with Crippen molar-refractivity contribution in [2.45, 2.75) is 18.9 Å². The van der Waals surface area contributed by atoms with Crippen LogP contribution in [0, 0.1) is 0 Å². The van der Waals surface area contributed by atoms with Crippen LogP contribution in [0.25, 0.3) is 0 Å². The van der Waals surface area contributed by atoms with Gasteiger partial charge in [0, 0.05) is 12.8 Å². The minimum atomic E-state index is -0.736. The molecule has 11 heavy (non-hydrogen) atoms. The van der Waals surface area contributed by atoms with Crippen molar-refractivity contribution in [3.05, 3.63) is 12.7 Å². The summed E-state index contributed by atoms with van der Waals surface area (Å²) in [5, 5.41) is 8.71. The zero-order chi connectivity index (χ0) is 8.27. The number of carbonyl (C=O) groups is 1. The Morgan fingerprint density at radius 2 is 2.45 bits per heavy atom. The topological polar surface area (TPSA) is 40.3 Å². The van der Waals surface area contributed by atoms with E-state index in [0.29, 0.717) is 0 Å². The molecule has 0 saturated carbocycles. The molecule has 0 radical (unpaired) electrons. The summed E-state index contributed by atoms with van der Waals surface area (Å²) in [6.07, 6.45) is 5.08. The number of allylic oxidation sites excluding steroid dienone is 1. The smallest absolute Gasteiger partial charge is 0.372 e. The van der Waals surface area contributed by atoms with E-state index in [1.54, 1.807) is 12.3 Å². The van der Waals surface area contributed by atoms with Gasteiger partial charge in [-0.25, -0.2) is 9.37 Å². The molecule has 3 nitrogen and oxygen atoms in total. The lowest BCUT2D eigenvalue weighted by Crippen LogP contribution is -2.28. The first kappa shape index (κ1) is 7.98. The lowest BCUT2D eigenvalue weighted by atomic mass is 10.2. The second kappa shape index (κ2) is 3.32. The highest BCUT2D eigenvalue weighted by Gasteiger charge is 2.33. The Balaban J connectivity index is 2.72. The fraction of sp³-hybridized carbons (Fsp3) is 0.500. The van der Waals surface area contributed by atoms with E-state index in [1.165, 1.54) is 0 Å². The molecule has 0 aromatic rings. The zero-order valence-corrected chi connectivity index (χ0v) is 6.36. The summed E-state index contributed by atoms with van der Waals surface area (Å²) in [6, 6.07) is -0.326. The van der Waals surface area contributed by atoms with Crippen LogP contribution in [0.2, 0.25) is 0 Å². The van der Waals surface area contributed by atoms with E-state index in [-0.39, 0.29) is 6.04 Å². The molecule has 1 atom stereocenters. The summed E-state index contributed by atoms with van der Waals surface area (Å²) in [6.45, 7) is 4.36. The van der Waals surface area contributed by atoms with Crippen molar-refractivity contribution in [1.29, 1.82) is 0 Å². The van der Waals surface area contributed by atoms with Crippen LogP contribution in [0.3, 0.4) is 0 Å². The molecule has 3 heteroatoms. The molecular weight excluding hydrogens is 142 g/mol. The van der Waals surface area contributed by atoms with Crippen molar-refractivity contribution in [3.8, 4) is 0 Å². The van der Waals surface area contributed by atoms with Gasteiger partial charge < -0.3 is 5.11 Å². The molecule has 60 valence electrons. The minimum Gasteiger partial charge on any atom is -0.476 e. The summed E-state index contributed by atoms with van der Waals surface area (Å²) in [5.41, 5.74) is 0. The molecule has 0 aromatic carbocycles. The van der Waals surface area contributed by atoms with Crippen molar-refractivity contribution in [1.82, 2.24) is 0 Å². The first-order chi connectivity index (χ1) is 5.25. The van der Waals surface area contributed by atoms with Gasteiger partial charge in [-0.3, -0.25) is 0 Å². The maximum atomic E-state index is 10.6. The third-order valence-corrected chi connectivity index (χ3v) is 1.88. The second-order valence-corrected chi connectivity index (χ2v) is 2.62. The lowest BCUT2D eigenvalue weighted by Gasteiger charge is -1.98. The van der Waals surface area contributed by atoms with Crippen LogP contribution in [0.4, 0.5) is 0 Å². The zero-order valence-electron chi connectivity index (χ0n) is 6.36. The fourth-order valence-corrected chi connectivity index (χ4v) is 1.37. The summed E-state index contributed by atoms with van der Waals surface area (Å²) in [5.74, 6) is -0.736. The highest BCUT2D eigenvalue weighted by atomic mass is 16.4.